The third-order valence-electron chi connectivity index (χ3n) is 3.08. The van der Waals surface area contributed by atoms with Gasteiger partial charge in [0.1, 0.15) is 5.75 Å². The molecule has 0 aliphatic heterocycles. The number of esters is 1. The number of hydrogen-bond donors (Lipinski definition) is 1. The molecule has 1 aliphatic carbocycles. The van der Waals surface area contributed by atoms with Gasteiger partial charge in [0.2, 0.25) is 0 Å². The van der Waals surface area contributed by atoms with Crippen LogP contribution in [0.25, 0.3) is 0 Å². The van der Waals surface area contributed by atoms with Crippen molar-refractivity contribution in [2.75, 3.05) is 7.11 Å². The molecular formula is C13H17NO3. The molecule has 2 atom stereocenters. The van der Waals surface area contributed by atoms with Crippen LogP contribution >= 0.6 is 0 Å². The van der Waals surface area contributed by atoms with E-state index in [2.05, 4.69) is 4.74 Å². The summed E-state index contributed by atoms with van der Waals surface area (Å²) in [4.78, 5) is 11.2. The Morgan fingerprint density at radius 2 is 2.29 bits per heavy atom. The van der Waals surface area contributed by atoms with Crippen molar-refractivity contribution in [2.45, 2.75) is 31.9 Å². The molecule has 1 aromatic rings. The van der Waals surface area contributed by atoms with Gasteiger partial charge in [-0.2, -0.15) is 0 Å². The van der Waals surface area contributed by atoms with Crippen molar-refractivity contribution in [3.63, 3.8) is 0 Å². The van der Waals surface area contributed by atoms with Crippen LogP contribution in [0.3, 0.4) is 0 Å². The third-order valence-corrected chi connectivity index (χ3v) is 3.08. The predicted molar refractivity (Wildman–Crippen MR) is 63.8 cm³/mol. The van der Waals surface area contributed by atoms with Gasteiger partial charge in [-0.05, 0) is 43.0 Å². The highest BCUT2D eigenvalue weighted by atomic mass is 16.6. The minimum atomic E-state index is -0.590. The Labute approximate surface area is 101 Å². The molecule has 0 aromatic heterocycles. The number of methoxy groups -OCH3 is 1. The van der Waals surface area contributed by atoms with Gasteiger partial charge in [0.15, 0.2) is 6.10 Å². The van der Waals surface area contributed by atoms with Gasteiger partial charge in [-0.3, -0.25) is 0 Å². The number of carbonyl (C=O) groups excluding carboxylic acids is 1. The zero-order valence-corrected chi connectivity index (χ0v) is 10.1. The lowest BCUT2D eigenvalue weighted by Crippen LogP contribution is -2.24. The Balaban J connectivity index is 2.11. The second-order valence-electron chi connectivity index (χ2n) is 4.29. The first-order chi connectivity index (χ1) is 8.11. The molecule has 0 heterocycles. The molecule has 0 amide bonds. The Kier molecular flexibility index (Phi) is 3.33. The van der Waals surface area contributed by atoms with E-state index in [0.717, 1.165) is 12.8 Å². The maximum absolute atomic E-state index is 11.2. The highest BCUT2D eigenvalue weighted by molar-refractivity contribution is 5.74. The zero-order valence-electron chi connectivity index (χ0n) is 10.1. The maximum Gasteiger partial charge on any atom is 0.346 e. The average molecular weight is 235 g/mol. The van der Waals surface area contributed by atoms with Crippen molar-refractivity contribution in [3.05, 3.63) is 29.3 Å². The summed E-state index contributed by atoms with van der Waals surface area (Å²) >= 11 is 0. The van der Waals surface area contributed by atoms with Crippen molar-refractivity contribution >= 4 is 5.97 Å². The van der Waals surface area contributed by atoms with Gasteiger partial charge < -0.3 is 15.2 Å². The molecule has 0 radical (unpaired) electrons. The van der Waals surface area contributed by atoms with Crippen LogP contribution in [0.4, 0.5) is 0 Å². The minimum absolute atomic E-state index is 0.136. The zero-order chi connectivity index (χ0) is 12.4. The van der Waals surface area contributed by atoms with E-state index >= 15 is 0 Å². The van der Waals surface area contributed by atoms with Gasteiger partial charge in [-0.1, -0.05) is 6.07 Å². The molecule has 0 spiro atoms. The lowest BCUT2D eigenvalue weighted by molar-refractivity contribution is -0.147. The molecule has 4 heteroatoms. The van der Waals surface area contributed by atoms with E-state index in [4.69, 9.17) is 10.5 Å². The molecule has 4 nitrogen and oxygen atoms in total. The van der Waals surface area contributed by atoms with Crippen LogP contribution in [-0.2, 0) is 16.0 Å². The van der Waals surface area contributed by atoms with Crippen molar-refractivity contribution in [3.8, 4) is 5.75 Å². The standard InChI is InChI=1S/C13H17NO3/c1-8(13(15)16-2)17-10-4-5-11-9(7-10)3-6-12(11)14/h4-5,7-8,12H,3,6,14H2,1-2H3/t8?,12-/m1/s1. The normalized spacial score (nSPS) is 19.6. The molecule has 2 N–H and O–H groups in total. The second kappa shape index (κ2) is 4.75. The van der Waals surface area contributed by atoms with E-state index in [-0.39, 0.29) is 12.0 Å². The molecule has 1 aromatic carbocycles. The SMILES string of the molecule is COC(=O)C(C)Oc1ccc2c(c1)CC[C@H]2N. The van der Waals surface area contributed by atoms with E-state index in [1.807, 2.05) is 18.2 Å². The molecule has 0 saturated carbocycles. The van der Waals surface area contributed by atoms with E-state index < -0.39 is 6.10 Å². The molecule has 0 saturated heterocycles. The summed E-state index contributed by atoms with van der Waals surface area (Å²) in [5.41, 5.74) is 8.35. The van der Waals surface area contributed by atoms with Crippen LogP contribution in [0.5, 0.6) is 5.75 Å². The lowest BCUT2D eigenvalue weighted by atomic mass is 10.1. The summed E-state index contributed by atoms with van der Waals surface area (Å²) in [6, 6.07) is 5.93. The Hall–Kier alpha value is -1.55. The van der Waals surface area contributed by atoms with Crippen molar-refractivity contribution in [1.82, 2.24) is 0 Å². The van der Waals surface area contributed by atoms with Gasteiger partial charge >= 0.3 is 5.97 Å². The largest absolute Gasteiger partial charge is 0.479 e. The van der Waals surface area contributed by atoms with Gasteiger partial charge in [0.25, 0.3) is 0 Å². The highest BCUT2D eigenvalue weighted by Crippen LogP contribution is 2.32. The molecular weight excluding hydrogens is 218 g/mol. The van der Waals surface area contributed by atoms with Crippen LogP contribution in [0.15, 0.2) is 18.2 Å². The van der Waals surface area contributed by atoms with Gasteiger partial charge in [0.05, 0.1) is 7.11 Å². The second-order valence-corrected chi connectivity index (χ2v) is 4.29. The van der Waals surface area contributed by atoms with Crippen molar-refractivity contribution < 1.29 is 14.3 Å². The first-order valence-corrected chi connectivity index (χ1v) is 5.74. The smallest absolute Gasteiger partial charge is 0.346 e. The first-order valence-electron chi connectivity index (χ1n) is 5.74. The van der Waals surface area contributed by atoms with Crippen molar-refractivity contribution in [2.24, 2.45) is 5.73 Å². The molecule has 92 valence electrons. The summed E-state index contributed by atoms with van der Waals surface area (Å²) in [5, 5.41) is 0. The van der Waals surface area contributed by atoms with Crippen LogP contribution in [0.1, 0.15) is 30.5 Å². The van der Waals surface area contributed by atoms with Crippen LogP contribution in [0.2, 0.25) is 0 Å². The number of benzene rings is 1. The topological polar surface area (TPSA) is 61.5 Å². The molecule has 2 rings (SSSR count). The van der Waals surface area contributed by atoms with Gasteiger partial charge in [0, 0.05) is 6.04 Å². The summed E-state index contributed by atoms with van der Waals surface area (Å²) < 4.78 is 10.1. The number of aryl methyl sites for hydroxylation is 1. The fraction of sp³-hybridized carbons (Fsp3) is 0.462. The van der Waals surface area contributed by atoms with E-state index in [0.29, 0.717) is 5.75 Å². The fourth-order valence-corrected chi connectivity index (χ4v) is 2.12. The molecule has 0 bridgehead atoms. The first kappa shape index (κ1) is 11.9. The lowest BCUT2D eigenvalue weighted by Gasteiger charge is -2.13. The Morgan fingerprint density at radius 3 is 3.00 bits per heavy atom. The maximum atomic E-state index is 11.2. The van der Waals surface area contributed by atoms with E-state index in [1.165, 1.54) is 18.2 Å². The van der Waals surface area contributed by atoms with E-state index in [1.54, 1.807) is 6.92 Å². The average Bonchev–Trinajstić information content (AvgIpc) is 2.69. The minimum Gasteiger partial charge on any atom is -0.479 e. The Bertz CT molecular complexity index is 431. The van der Waals surface area contributed by atoms with Crippen molar-refractivity contribution in [1.29, 1.82) is 0 Å². The molecule has 0 fully saturated rings. The molecule has 1 unspecified atom stereocenters. The number of hydrogen-bond acceptors (Lipinski definition) is 4. The summed E-state index contributed by atoms with van der Waals surface area (Å²) in [5.74, 6) is 0.318. The quantitative estimate of drug-likeness (QED) is 0.808. The van der Waals surface area contributed by atoms with Crippen LogP contribution in [-0.4, -0.2) is 19.2 Å². The highest BCUT2D eigenvalue weighted by Gasteiger charge is 2.20. The third kappa shape index (κ3) is 2.42. The Morgan fingerprint density at radius 1 is 1.53 bits per heavy atom. The number of carbonyl (C=O) groups is 1. The molecule has 1 aliphatic rings. The summed E-state index contributed by atoms with van der Waals surface area (Å²) in [7, 11) is 1.35. The van der Waals surface area contributed by atoms with Gasteiger partial charge in [-0.15, -0.1) is 0 Å². The van der Waals surface area contributed by atoms with Crippen LogP contribution < -0.4 is 10.5 Å². The van der Waals surface area contributed by atoms with Gasteiger partial charge in [-0.25, -0.2) is 4.79 Å². The monoisotopic (exact) mass is 235 g/mol. The number of nitrogens with two attached hydrogens (primary N) is 1. The van der Waals surface area contributed by atoms with E-state index in [9.17, 15) is 4.79 Å². The number of ether oxygens (including phenoxy) is 2. The number of fused-ring (bicyclic) bond motifs is 1. The summed E-state index contributed by atoms with van der Waals surface area (Å²) in [6.07, 6.45) is 1.36. The number of rotatable bonds is 3. The van der Waals surface area contributed by atoms with Crippen LogP contribution in [0, 0.1) is 0 Å². The molecule has 17 heavy (non-hydrogen) atoms. The fourth-order valence-electron chi connectivity index (χ4n) is 2.12. The summed E-state index contributed by atoms with van der Waals surface area (Å²) in [6.45, 7) is 1.67. The predicted octanol–water partition coefficient (Wildman–Crippen LogP) is 1.57.